The molecule has 8 nitrogen and oxygen atoms in total. The Hall–Kier alpha value is -2.90. The molecule has 8 heteroatoms. The molecule has 1 aromatic heterocycles. The van der Waals surface area contributed by atoms with Crippen LogP contribution in [0.5, 0.6) is 5.75 Å². The van der Waals surface area contributed by atoms with E-state index in [4.69, 9.17) is 4.74 Å². The topological polar surface area (TPSA) is 106 Å². The number of ether oxygens (including phenoxy) is 1. The number of carbonyl (C=O) groups is 2. The molecule has 2 rings (SSSR count). The molecule has 0 unspecified atom stereocenters. The van der Waals surface area contributed by atoms with Gasteiger partial charge in [0.1, 0.15) is 18.0 Å². The van der Waals surface area contributed by atoms with Crippen LogP contribution in [0.3, 0.4) is 0 Å². The Morgan fingerprint density at radius 3 is 2.83 bits per heavy atom. The number of methoxy groups -OCH3 is 1. The largest absolute Gasteiger partial charge is 0.497 e. The zero-order valence-corrected chi connectivity index (χ0v) is 12.9. The Kier molecular flexibility index (Phi) is 5.29. The van der Waals surface area contributed by atoms with Crippen molar-refractivity contribution in [3.8, 4) is 17.0 Å². The molecule has 0 fully saturated rings. The van der Waals surface area contributed by atoms with Gasteiger partial charge < -0.3 is 15.2 Å². The van der Waals surface area contributed by atoms with Gasteiger partial charge in [-0.3, -0.25) is 4.79 Å². The van der Waals surface area contributed by atoms with Gasteiger partial charge >= 0.3 is 5.97 Å². The summed E-state index contributed by atoms with van der Waals surface area (Å²) < 4.78 is 6.43. The molecule has 0 saturated carbocycles. The number of benzene rings is 1. The standard InChI is InChI=1S/C15H18N4O4/c1-3-7-16-12(20)9-19-14(13(15(21)22)17-18-19)10-5-4-6-11(8-10)23-2/h4-6,8H,3,7,9H2,1-2H3,(H,16,20)(H,21,22). The third-order valence-corrected chi connectivity index (χ3v) is 3.15. The first kappa shape index (κ1) is 16.5. The first-order valence-corrected chi connectivity index (χ1v) is 7.14. The van der Waals surface area contributed by atoms with Crippen molar-refractivity contribution in [2.45, 2.75) is 19.9 Å². The number of hydrogen-bond acceptors (Lipinski definition) is 5. The van der Waals surface area contributed by atoms with Crippen LogP contribution in [0.2, 0.25) is 0 Å². The summed E-state index contributed by atoms with van der Waals surface area (Å²) in [6.07, 6.45) is 0.812. The molecule has 23 heavy (non-hydrogen) atoms. The van der Waals surface area contributed by atoms with E-state index in [2.05, 4.69) is 15.6 Å². The number of aromatic carboxylic acids is 1. The highest BCUT2D eigenvalue weighted by Gasteiger charge is 2.22. The Balaban J connectivity index is 2.40. The van der Waals surface area contributed by atoms with Crippen molar-refractivity contribution in [3.05, 3.63) is 30.0 Å². The summed E-state index contributed by atoms with van der Waals surface area (Å²) in [6, 6.07) is 6.86. The first-order valence-electron chi connectivity index (χ1n) is 7.14. The lowest BCUT2D eigenvalue weighted by Crippen LogP contribution is -2.28. The van der Waals surface area contributed by atoms with Gasteiger partial charge in [0.15, 0.2) is 5.69 Å². The summed E-state index contributed by atoms with van der Waals surface area (Å²) >= 11 is 0. The summed E-state index contributed by atoms with van der Waals surface area (Å²) in [5, 5.41) is 19.5. The number of carboxylic acids is 1. The van der Waals surface area contributed by atoms with Crippen LogP contribution in [0, 0.1) is 0 Å². The van der Waals surface area contributed by atoms with E-state index >= 15 is 0 Å². The molecule has 0 atom stereocenters. The average Bonchev–Trinajstić information content (AvgIpc) is 2.96. The number of aromatic nitrogens is 3. The zero-order chi connectivity index (χ0) is 16.8. The predicted octanol–water partition coefficient (Wildman–Crippen LogP) is 1.18. The fourth-order valence-electron chi connectivity index (χ4n) is 2.08. The molecule has 0 spiro atoms. The molecule has 1 heterocycles. The second-order valence-corrected chi connectivity index (χ2v) is 4.83. The summed E-state index contributed by atoms with van der Waals surface area (Å²) in [6.45, 7) is 2.39. The molecule has 0 aliphatic carbocycles. The predicted molar refractivity (Wildman–Crippen MR) is 82.3 cm³/mol. The Morgan fingerprint density at radius 2 is 2.17 bits per heavy atom. The second-order valence-electron chi connectivity index (χ2n) is 4.83. The highest BCUT2D eigenvalue weighted by atomic mass is 16.5. The SMILES string of the molecule is CCCNC(=O)Cn1nnc(C(=O)O)c1-c1cccc(OC)c1. The van der Waals surface area contributed by atoms with E-state index in [1.807, 2.05) is 6.92 Å². The van der Waals surface area contributed by atoms with Crippen molar-refractivity contribution < 1.29 is 19.4 Å². The number of carboxylic acid groups (broad SMARTS) is 1. The van der Waals surface area contributed by atoms with Crippen LogP contribution in [-0.4, -0.2) is 45.6 Å². The highest BCUT2D eigenvalue weighted by Crippen LogP contribution is 2.26. The van der Waals surface area contributed by atoms with Crippen molar-refractivity contribution in [2.24, 2.45) is 0 Å². The minimum Gasteiger partial charge on any atom is -0.497 e. The van der Waals surface area contributed by atoms with E-state index < -0.39 is 5.97 Å². The lowest BCUT2D eigenvalue weighted by atomic mass is 10.1. The summed E-state index contributed by atoms with van der Waals surface area (Å²) in [5.74, 6) is -0.886. The normalized spacial score (nSPS) is 10.3. The monoisotopic (exact) mass is 318 g/mol. The third-order valence-electron chi connectivity index (χ3n) is 3.15. The molecule has 2 aromatic rings. The van der Waals surface area contributed by atoms with Crippen molar-refractivity contribution in [1.29, 1.82) is 0 Å². The van der Waals surface area contributed by atoms with Gasteiger partial charge in [-0.2, -0.15) is 0 Å². The van der Waals surface area contributed by atoms with Gasteiger partial charge in [-0.25, -0.2) is 9.48 Å². The quantitative estimate of drug-likeness (QED) is 0.794. The van der Waals surface area contributed by atoms with Gasteiger partial charge in [0.05, 0.1) is 7.11 Å². The van der Waals surface area contributed by atoms with Gasteiger partial charge in [-0.15, -0.1) is 5.10 Å². The minimum absolute atomic E-state index is 0.104. The Bertz CT molecular complexity index is 711. The Morgan fingerprint density at radius 1 is 1.39 bits per heavy atom. The Labute approximate surface area is 133 Å². The van der Waals surface area contributed by atoms with Crippen LogP contribution < -0.4 is 10.1 Å². The molecule has 1 aromatic carbocycles. The highest BCUT2D eigenvalue weighted by molar-refractivity contribution is 5.93. The molecule has 0 aliphatic heterocycles. The van der Waals surface area contributed by atoms with Crippen molar-refractivity contribution in [2.75, 3.05) is 13.7 Å². The molecular weight excluding hydrogens is 300 g/mol. The smallest absolute Gasteiger partial charge is 0.358 e. The second kappa shape index (κ2) is 7.39. The maximum atomic E-state index is 11.9. The maximum absolute atomic E-state index is 11.9. The zero-order valence-electron chi connectivity index (χ0n) is 12.9. The fourth-order valence-corrected chi connectivity index (χ4v) is 2.08. The number of hydrogen-bond donors (Lipinski definition) is 2. The van der Waals surface area contributed by atoms with E-state index in [9.17, 15) is 14.7 Å². The molecular formula is C15H18N4O4. The van der Waals surface area contributed by atoms with Crippen LogP contribution in [-0.2, 0) is 11.3 Å². The van der Waals surface area contributed by atoms with Gasteiger partial charge in [-0.05, 0) is 18.6 Å². The van der Waals surface area contributed by atoms with Gasteiger partial charge in [0.25, 0.3) is 0 Å². The van der Waals surface area contributed by atoms with Gasteiger partial charge in [-0.1, -0.05) is 24.3 Å². The van der Waals surface area contributed by atoms with Crippen LogP contribution in [0.25, 0.3) is 11.3 Å². The molecule has 1 amide bonds. The fraction of sp³-hybridized carbons (Fsp3) is 0.333. The number of nitrogens with zero attached hydrogens (tertiary/aromatic N) is 3. The summed E-state index contributed by atoms with van der Waals surface area (Å²) in [7, 11) is 1.52. The molecule has 0 radical (unpaired) electrons. The van der Waals surface area contributed by atoms with Crippen molar-refractivity contribution in [1.82, 2.24) is 20.3 Å². The summed E-state index contributed by atoms with van der Waals surface area (Å²) in [4.78, 5) is 23.3. The van der Waals surface area contributed by atoms with E-state index in [1.165, 1.54) is 11.8 Å². The molecule has 0 bridgehead atoms. The number of carbonyl (C=O) groups excluding carboxylic acids is 1. The van der Waals surface area contributed by atoms with Crippen LogP contribution in [0.1, 0.15) is 23.8 Å². The van der Waals surface area contributed by atoms with Crippen molar-refractivity contribution >= 4 is 11.9 Å². The lowest BCUT2D eigenvalue weighted by Gasteiger charge is -2.09. The average molecular weight is 318 g/mol. The van der Waals surface area contributed by atoms with Crippen LogP contribution >= 0.6 is 0 Å². The van der Waals surface area contributed by atoms with Crippen molar-refractivity contribution in [3.63, 3.8) is 0 Å². The van der Waals surface area contributed by atoms with Gasteiger partial charge in [0, 0.05) is 12.1 Å². The molecule has 0 aliphatic rings. The third kappa shape index (κ3) is 3.85. The molecule has 122 valence electrons. The molecule has 2 N–H and O–H groups in total. The maximum Gasteiger partial charge on any atom is 0.358 e. The minimum atomic E-state index is -1.21. The summed E-state index contributed by atoms with van der Waals surface area (Å²) in [5.41, 5.74) is 0.625. The van der Waals surface area contributed by atoms with E-state index in [-0.39, 0.29) is 23.8 Å². The van der Waals surface area contributed by atoms with Gasteiger partial charge in [0.2, 0.25) is 5.91 Å². The van der Waals surface area contributed by atoms with Crippen LogP contribution in [0.4, 0.5) is 0 Å². The number of rotatable bonds is 7. The number of amides is 1. The number of nitrogens with one attached hydrogen (secondary N) is 1. The van der Waals surface area contributed by atoms with E-state index in [0.717, 1.165) is 6.42 Å². The first-order chi connectivity index (χ1) is 11.1. The lowest BCUT2D eigenvalue weighted by molar-refractivity contribution is -0.121. The van der Waals surface area contributed by atoms with Crippen LogP contribution in [0.15, 0.2) is 24.3 Å². The van der Waals surface area contributed by atoms with E-state index in [0.29, 0.717) is 17.9 Å². The molecule has 0 saturated heterocycles. The van der Waals surface area contributed by atoms with E-state index in [1.54, 1.807) is 24.3 Å².